The van der Waals surface area contributed by atoms with Crippen molar-refractivity contribution in [1.29, 1.82) is 0 Å². The number of aliphatic hydroxyl groups is 4. The Labute approximate surface area is 346 Å². The van der Waals surface area contributed by atoms with Crippen LogP contribution in [-0.4, -0.2) is 89.0 Å². The highest BCUT2D eigenvalue weighted by Gasteiger charge is 2.44. The number of aliphatic hydroxyl groups excluding tert-OH is 4. The van der Waals surface area contributed by atoms with Gasteiger partial charge < -0.3 is 39.4 Å². The zero-order valence-electron chi connectivity index (χ0n) is 36.1. The Hall–Kier alpha value is -2.08. The first kappa shape index (κ1) is 52.9. The van der Waals surface area contributed by atoms with Crippen LogP contribution in [0.2, 0.25) is 0 Å². The largest absolute Gasteiger partial charge is 0.462 e. The third-order valence-electron chi connectivity index (χ3n) is 10.5. The molecule has 0 aliphatic carbocycles. The molecule has 6 atom stereocenters. The number of hydrogen-bond donors (Lipinski definition) is 4. The number of carbonyl (C=O) groups excluding carboxylic acids is 2. The highest BCUT2D eigenvalue weighted by atomic mass is 16.7. The summed E-state index contributed by atoms with van der Waals surface area (Å²) in [6.45, 7) is 3.37. The summed E-state index contributed by atoms with van der Waals surface area (Å²) in [6, 6.07) is 0. The Bertz CT molecular complexity index is 1030. The topological polar surface area (TPSA) is 152 Å². The minimum Gasteiger partial charge on any atom is -0.462 e. The van der Waals surface area contributed by atoms with Gasteiger partial charge in [0.15, 0.2) is 12.4 Å². The van der Waals surface area contributed by atoms with Gasteiger partial charge in [-0.3, -0.25) is 9.59 Å². The van der Waals surface area contributed by atoms with E-state index in [0.717, 1.165) is 38.5 Å². The molecular formula is C47H84O10. The lowest BCUT2D eigenvalue weighted by Crippen LogP contribution is -2.59. The second-order valence-corrected chi connectivity index (χ2v) is 15.8. The Morgan fingerprint density at radius 3 is 1.53 bits per heavy atom. The van der Waals surface area contributed by atoms with Gasteiger partial charge in [0, 0.05) is 12.8 Å². The summed E-state index contributed by atoms with van der Waals surface area (Å²) in [6.07, 6.45) is 35.9. The van der Waals surface area contributed by atoms with Crippen LogP contribution < -0.4 is 0 Å². The monoisotopic (exact) mass is 809 g/mol. The summed E-state index contributed by atoms with van der Waals surface area (Å²) in [4.78, 5) is 25.3. The van der Waals surface area contributed by atoms with Gasteiger partial charge in [-0.05, 0) is 64.2 Å². The van der Waals surface area contributed by atoms with E-state index in [4.69, 9.17) is 18.9 Å². The van der Waals surface area contributed by atoms with Crippen molar-refractivity contribution in [1.82, 2.24) is 0 Å². The first-order valence-corrected chi connectivity index (χ1v) is 23.1. The molecule has 10 heteroatoms. The van der Waals surface area contributed by atoms with Crippen molar-refractivity contribution >= 4 is 11.9 Å². The maximum atomic E-state index is 12.7. The van der Waals surface area contributed by atoms with Crippen molar-refractivity contribution < 1.29 is 49.0 Å². The van der Waals surface area contributed by atoms with Crippen LogP contribution in [0.3, 0.4) is 0 Å². The number of ether oxygens (including phenoxy) is 4. The second kappa shape index (κ2) is 38.1. The number of hydrogen-bond acceptors (Lipinski definition) is 10. The maximum Gasteiger partial charge on any atom is 0.306 e. The highest BCUT2D eigenvalue weighted by Crippen LogP contribution is 2.22. The molecule has 1 aliphatic heterocycles. The van der Waals surface area contributed by atoms with E-state index < -0.39 is 55.4 Å². The molecule has 1 rings (SSSR count). The van der Waals surface area contributed by atoms with Gasteiger partial charge in [0.05, 0.1) is 13.2 Å². The van der Waals surface area contributed by atoms with Crippen LogP contribution in [-0.2, 0) is 28.5 Å². The van der Waals surface area contributed by atoms with E-state index >= 15 is 0 Å². The molecule has 10 nitrogen and oxygen atoms in total. The van der Waals surface area contributed by atoms with Crippen molar-refractivity contribution in [2.75, 3.05) is 19.8 Å². The van der Waals surface area contributed by atoms with Gasteiger partial charge in [0.2, 0.25) is 0 Å². The van der Waals surface area contributed by atoms with Crippen LogP contribution in [0.4, 0.5) is 0 Å². The van der Waals surface area contributed by atoms with Gasteiger partial charge >= 0.3 is 11.9 Å². The molecule has 2 unspecified atom stereocenters. The van der Waals surface area contributed by atoms with Crippen LogP contribution in [0.25, 0.3) is 0 Å². The van der Waals surface area contributed by atoms with E-state index in [2.05, 4.69) is 50.3 Å². The first-order valence-electron chi connectivity index (χ1n) is 23.1. The lowest BCUT2D eigenvalue weighted by atomic mass is 9.99. The quantitative estimate of drug-likeness (QED) is 0.0270. The predicted octanol–water partition coefficient (Wildman–Crippen LogP) is 9.89. The van der Waals surface area contributed by atoms with Crippen LogP contribution >= 0.6 is 0 Å². The average molecular weight is 809 g/mol. The standard InChI is InChI=1S/C47H84O10/c1-3-5-7-9-11-13-15-17-19-20-22-24-26-28-30-32-34-36-43(50)56-40(39-55-47-46(53)45(52)44(51)41(37-48)57-47)38-54-42(49)35-33-31-29-27-25-23-21-18-16-14-12-10-8-6-4-2/h22,24-25,27-28,30,40-41,44-48,51-53H,3-21,23,26,29,31-39H2,1-2H3/b24-22+,27-25+,30-28+/t40-,41-,44+,45?,46?,47-/m1/s1. The minimum atomic E-state index is -1.60. The fraction of sp³-hybridized carbons (Fsp3) is 0.830. The van der Waals surface area contributed by atoms with Crippen molar-refractivity contribution in [2.24, 2.45) is 0 Å². The number of rotatable bonds is 38. The zero-order chi connectivity index (χ0) is 41.6. The fourth-order valence-electron chi connectivity index (χ4n) is 6.81. The fourth-order valence-corrected chi connectivity index (χ4v) is 6.81. The van der Waals surface area contributed by atoms with E-state index in [0.29, 0.717) is 12.8 Å². The molecule has 0 aromatic rings. The van der Waals surface area contributed by atoms with Crippen LogP contribution in [0.5, 0.6) is 0 Å². The molecule has 0 bridgehead atoms. The lowest BCUT2D eigenvalue weighted by molar-refractivity contribution is -0.305. The number of allylic oxidation sites excluding steroid dienone is 6. The maximum absolute atomic E-state index is 12.7. The molecule has 0 spiro atoms. The van der Waals surface area contributed by atoms with Gasteiger partial charge in [0.1, 0.15) is 31.0 Å². The van der Waals surface area contributed by atoms with Crippen molar-refractivity contribution in [2.45, 2.75) is 230 Å². The summed E-state index contributed by atoms with van der Waals surface area (Å²) >= 11 is 0. The first-order chi connectivity index (χ1) is 27.8. The van der Waals surface area contributed by atoms with Gasteiger partial charge in [-0.15, -0.1) is 0 Å². The highest BCUT2D eigenvalue weighted by molar-refractivity contribution is 5.70. The van der Waals surface area contributed by atoms with Crippen molar-refractivity contribution in [3.05, 3.63) is 36.5 Å². The van der Waals surface area contributed by atoms with E-state index in [-0.39, 0.29) is 26.1 Å². The van der Waals surface area contributed by atoms with Crippen molar-refractivity contribution in [3.8, 4) is 0 Å². The summed E-state index contributed by atoms with van der Waals surface area (Å²) in [5.74, 6) is -0.883. The Morgan fingerprint density at radius 1 is 0.544 bits per heavy atom. The van der Waals surface area contributed by atoms with Gasteiger partial charge in [-0.1, -0.05) is 153 Å². The third kappa shape index (κ3) is 29.7. The third-order valence-corrected chi connectivity index (χ3v) is 10.5. The summed E-state index contributed by atoms with van der Waals surface area (Å²) in [7, 11) is 0. The zero-order valence-corrected chi connectivity index (χ0v) is 36.1. The second-order valence-electron chi connectivity index (χ2n) is 15.8. The Morgan fingerprint density at radius 2 is 1.00 bits per heavy atom. The lowest BCUT2D eigenvalue weighted by Gasteiger charge is -2.39. The van der Waals surface area contributed by atoms with Crippen LogP contribution in [0.1, 0.15) is 194 Å². The molecule has 0 radical (unpaired) electrons. The molecule has 0 amide bonds. The number of carbonyl (C=O) groups is 2. The van der Waals surface area contributed by atoms with Crippen LogP contribution in [0, 0.1) is 0 Å². The molecule has 1 saturated heterocycles. The molecule has 0 saturated carbocycles. The van der Waals surface area contributed by atoms with E-state index in [1.165, 1.54) is 116 Å². The molecule has 1 fully saturated rings. The van der Waals surface area contributed by atoms with Gasteiger partial charge in [0.25, 0.3) is 0 Å². The van der Waals surface area contributed by atoms with Crippen molar-refractivity contribution in [3.63, 3.8) is 0 Å². The SMILES string of the molecule is CCCCCCCCCCC/C=C/C/C=C/CCCC(=O)O[C@H](COC(=O)CCCC/C=C/CCCCCCCCCCC)CO[C@@H]1O[C@H](CO)[C@H](O)C(O)C1O. The smallest absolute Gasteiger partial charge is 0.306 e. The average Bonchev–Trinajstić information content (AvgIpc) is 3.21. The molecule has 1 heterocycles. The molecule has 57 heavy (non-hydrogen) atoms. The summed E-state index contributed by atoms with van der Waals surface area (Å²) in [5, 5.41) is 40.1. The van der Waals surface area contributed by atoms with E-state index in [9.17, 15) is 30.0 Å². The predicted molar refractivity (Wildman–Crippen MR) is 229 cm³/mol. The molecule has 1 aliphatic rings. The molecule has 4 N–H and O–H groups in total. The minimum absolute atomic E-state index is 0.163. The molecule has 0 aromatic carbocycles. The van der Waals surface area contributed by atoms with E-state index in [1.807, 2.05) is 0 Å². The van der Waals surface area contributed by atoms with Gasteiger partial charge in [-0.25, -0.2) is 0 Å². The van der Waals surface area contributed by atoms with Gasteiger partial charge in [-0.2, -0.15) is 0 Å². The molecular weight excluding hydrogens is 725 g/mol. The number of esters is 2. The summed E-state index contributed by atoms with van der Waals surface area (Å²) in [5.41, 5.74) is 0. The normalized spacial score (nSPS) is 20.6. The summed E-state index contributed by atoms with van der Waals surface area (Å²) < 4.78 is 22.1. The number of unbranched alkanes of at least 4 members (excludes halogenated alkanes) is 21. The Balaban J connectivity index is 2.37. The van der Waals surface area contributed by atoms with Crippen LogP contribution in [0.15, 0.2) is 36.5 Å². The molecule has 332 valence electrons. The van der Waals surface area contributed by atoms with E-state index in [1.54, 1.807) is 0 Å². The molecule has 0 aromatic heterocycles. The Kier molecular flexibility index (Phi) is 35.4.